The van der Waals surface area contributed by atoms with E-state index in [0.29, 0.717) is 11.0 Å². The molecule has 2 heterocycles. The fraction of sp³-hybridized carbons (Fsp3) is 0.476. The van der Waals surface area contributed by atoms with E-state index in [2.05, 4.69) is 37.3 Å². The lowest BCUT2D eigenvalue weighted by Gasteiger charge is -2.28. The smallest absolute Gasteiger partial charge is 0.133 e. The standard InChI is InChI=1S/C14H16FN3.C7H14/c1-17-5-3-4-10-6-12(13(15)7-14(10)17)11-8-16-18(2)9-11;1-5-6-7(2,3)4/h6-9H,3-5H2,1-2H3;5H,1,6H2,2-4H3. The van der Waals surface area contributed by atoms with Gasteiger partial charge in [0.05, 0.1) is 6.20 Å². The number of aryl methyl sites for hydroxylation is 2. The van der Waals surface area contributed by atoms with Crippen LogP contribution in [0.4, 0.5) is 10.1 Å². The first-order chi connectivity index (χ1) is 11.7. The molecule has 0 bridgehead atoms. The molecule has 0 amide bonds. The number of allylic oxidation sites excluding steroid dienone is 1. The van der Waals surface area contributed by atoms with Crippen molar-refractivity contribution >= 4 is 5.69 Å². The predicted octanol–water partition coefficient (Wildman–Crippen LogP) is 5.22. The van der Waals surface area contributed by atoms with Gasteiger partial charge in [-0.25, -0.2) is 4.39 Å². The molecule has 0 unspecified atom stereocenters. The minimum absolute atomic E-state index is 0.171. The molecule has 0 N–H and O–H groups in total. The van der Waals surface area contributed by atoms with Gasteiger partial charge in [-0.15, -0.1) is 6.58 Å². The van der Waals surface area contributed by atoms with E-state index in [4.69, 9.17) is 0 Å². The average Bonchev–Trinajstić information content (AvgIpc) is 2.93. The summed E-state index contributed by atoms with van der Waals surface area (Å²) in [6.45, 7) is 11.3. The number of fused-ring (bicyclic) bond motifs is 1. The van der Waals surface area contributed by atoms with E-state index in [-0.39, 0.29) is 5.82 Å². The monoisotopic (exact) mass is 343 g/mol. The Kier molecular flexibility index (Phi) is 6.04. The molecule has 2 aromatic rings. The summed E-state index contributed by atoms with van der Waals surface area (Å²) < 4.78 is 15.9. The Morgan fingerprint density at radius 2 is 2.00 bits per heavy atom. The molecule has 1 aliphatic rings. The Morgan fingerprint density at radius 3 is 2.52 bits per heavy atom. The van der Waals surface area contributed by atoms with Gasteiger partial charge in [-0.1, -0.05) is 26.8 Å². The van der Waals surface area contributed by atoms with Gasteiger partial charge >= 0.3 is 0 Å². The Hall–Kier alpha value is -2.10. The van der Waals surface area contributed by atoms with Crippen molar-refractivity contribution < 1.29 is 4.39 Å². The number of anilines is 1. The molecule has 1 aromatic carbocycles. The molecule has 0 radical (unpaired) electrons. The van der Waals surface area contributed by atoms with Gasteiger partial charge in [0.25, 0.3) is 0 Å². The lowest BCUT2D eigenvalue weighted by atomic mass is 9.93. The largest absolute Gasteiger partial charge is 0.374 e. The third-order valence-electron chi connectivity index (χ3n) is 4.29. The maximum atomic E-state index is 14.2. The molecule has 0 fully saturated rings. The van der Waals surface area contributed by atoms with Crippen molar-refractivity contribution in [2.45, 2.75) is 40.0 Å². The number of hydrogen-bond donors (Lipinski definition) is 0. The minimum atomic E-state index is -0.171. The van der Waals surface area contributed by atoms with E-state index < -0.39 is 0 Å². The number of hydrogen-bond acceptors (Lipinski definition) is 2. The second-order valence-corrected chi connectivity index (χ2v) is 7.94. The van der Waals surface area contributed by atoms with E-state index in [9.17, 15) is 4.39 Å². The highest BCUT2D eigenvalue weighted by Crippen LogP contribution is 2.33. The lowest BCUT2D eigenvalue weighted by molar-refractivity contribution is 0.421. The van der Waals surface area contributed by atoms with E-state index >= 15 is 0 Å². The van der Waals surface area contributed by atoms with Gasteiger partial charge in [0.15, 0.2) is 0 Å². The number of benzene rings is 1. The van der Waals surface area contributed by atoms with Crippen LogP contribution in [0.1, 0.15) is 39.2 Å². The number of halogens is 1. The predicted molar refractivity (Wildman–Crippen MR) is 104 cm³/mol. The van der Waals surface area contributed by atoms with E-state index in [0.717, 1.165) is 37.1 Å². The fourth-order valence-corrected chi connectivity index (χ4v) is 3.00. The van der Waals surface area contributed by atoms with Crippen molar-refractivity contribution in [2.75, 3.05) is 18.5 Å². The van der Waals surface area contributed by atoms with Crippen LogP contribution in [-0.2, 0) is 13.5 Å². The van der Waals surface area contributed by atoms with Gasteiger partial charge in [0.1, 0.15) is 5.82 Å². The molecule has 136 valence electrons. The van der Waals surface area contributed by atoms with Gasteiger partial charge in [-0.2, -0.15) is 5.10 Å². The van der Waals surface area contributed by atoms with Crippen LogP contribution in [0, 0.1) is 11.2 Å². The van der Waals surface area contributed by atoms with Gasteiger partial charge < -0.3 is 4.90 Å². The summed E-state index contributed by atoms with van der Waals surface area (Å²) >= 11 is 0. The molecule has 3 nitrogen and oxygen atoms in total. The molecule has 1 aromatic heterocycles. The second-order valence-electron chi connectivity index (χ2n) is 7.94. The van der Waals surface area contributed by atoms with Crippen molar-refractivity contribution in [1.82, 2.24) is 9.78 Å². The van der Waals surface area contributed by atoms with Crippen molar-refractivity contribution in [3.05, 3.63) is 48.6 Å². The first kappa shape index (κ1) is 19.2. The van der Waals surface area contributed by atoms with Crippen LogP contribution >= 0.6 is 0 Å². The molecule has 4 heteroatoms. The Labute approximate surface area is 151 Å². The van der Waals surface area contributed by atoms with Crippen LogP contribution in [0.25, 0.3) is 11.1 Å². The summed E-state index contributed by atoms with van der Waals surface area (Å²) in [5, 5.41) is 4.10. The highest BCUT2D eigenvalue weighted by atomic mass is 19.1. The summed E-state index contributed by atoms with van der Waals surface area (Å²) in [5.74, 6) is -0.171. The Bertz CT molecular complexity index is 725. The van der Waals surface area contributed by atoms with Crippen LogP contribution < -0.4 is 4.90 Å². The second kappa shape index (κ2) is 7.85. The zero-order chi connectivity index (χ0) is 18.6. The fourth-order valence-electron chi connectivity index (χ4n) is 3.00. The van der Waals surface area contributed by atoms with Crippen molar-refractivity contribution in [3.63, 3.8) is 0 Å². The number of nitrogens with zero attached hydrogens (tertiary/aromatic N) is 3. The molecule has 0 aliphatic carbocycles. The third-order valence-corrected chi connectivity index (χ3v) is 4.29. The molecule has 3 rings (SSSR count). The summed E-state index contributed by atoms with van der Waals surface area (Å²) in [5.41, 5.74) is 4.17. The van der Waals surface area contributed by atoms with Gasteiger partial charge in [0.2, 0.25) is 0 Å². The summed E-state index contributed by atoms with van der Waals surface area (Å²) in [6, 6.07) is 3.62. The van der Waals surface area contributed by atoms with Crippen LogP contribution in [0.2, 0.25) is 0 Å². The zero-order valence-electron chi connectivity index (χ0n) is 16.1. The van der Waals surface area contributed by atoms with Crippen LogP contribution in [-0.4, -0.2) is 23.4 Å². The molecule has 0 spiro atoms. The molecule has 0 saturated heterocycles. The normalized spacial score (nSPS) is 13.8. The minimum Gasteiger partial charge on any atom is -0.374 e. The summed E-state index contributed by atoms with van der Waals surface area (Å²) in [4.78, 5) is 2.12. The summed E-state index contributed by atoms with van der Waals surface area (Å²) in [7, 11) is 3.86. The Morgan fingerprint density at radius 1 is 1.28 bits per heavy atom. The molecular formula is C21H30FN3. The van der Waals surface area contributed by atoms with Gasteiger partial charge in [-0.05, 0) is 42.4 Å². The lowest BCUT2D eigenvalue weighted by Crippen LogP contribution is -2.24. The van der Waals surface area contributed by atoms with Gasteiger partial charge in [0, 0.05) is 43.7 Å². The third kappa shape index (κ3) is 5.18. The van der Waals surface area contributed by atoms with E-state index in [1.165, 1.54) is 5.56 Å². The van der Waals surface area contributed by atoms with Crippen LogP contribution in [0.5, 0.6) is 0 Å². The van der Waals surface area contributed by atoms with Crippen molar-refractivity contribution in [3.8, 4) is 11.1 Å². The van der Waals surface area contributed by atoms with E-state index in [1.807, 2.05) is 32.4 Å². The molecule has 0 atom stereocenters. The maximum Gasteiger partial charge on any atom is 0.133 e. The first-order valence-electron chi connectivity index (χ1n) is 8.85. The molecular weight excluding hydrogens is 313 g/mol. The zero-order valence-corrected chi connectivity index (χ0v) is 16.1. The van der Waals surface area contributed by atoms with E-state index in [1.54, 1.807) is 16.9 Å². The molecule has 25 heavy (non-hydrogen) atoms. The highest BCUT2D eigenvalue weighted by molar-refractivity contribution is 5.69. The Balaban J connectivity index is 0.000000277. The van der Waals surface area contributed by atoms with Crippen LogP contribution in [0.3, 0.4) is 0 Å². The first-order valence-corrected chi connectivity index (χ1v) is 8.85. The number of rotatable bonds is 2. The highest BCUT2D eigenvalue weighted by Gasteiger charge is 2.18. The summed E-state index contributed by atoms with van der Waals surface area (Å²) in [6.07, 6.45) is 8.76. The number of aromatic nitrogens is 2. The van der Waals surface area contributed by atoms with Crippen LogP contribution in [0.15, 0.2) is 37.2 Å². The molecule has 0 saturated carbocycles. The molecule has 1 aliphatic heterocycles. The average molecular weight is 343 g/mol. The maximum absolute atomic E-state index is 14.2. The van der Waals surface area contributed by atoms with Crippen molar-refractivity contribution in [2.24, 2.45) is 12.5 Å². The SMILES string of the molecule is C=CCC(C)(C)C.CN1CCCc2cc(-c3cnn(C)c3)c(F)cc21. The van der Waals surface area contributed by atoms with Crippen molar-refractivity contribution in [1.29, 1.82) is 0 Å². The topological polar surface area (TPSA) is 21.1 Å². The van der Waals surface area contributed by atoms with Gasteiger partial charge in [-0.3, -0.25) is 4.68 Å². The quantitative estimate of drug-likeness (QED) is 0.697.